The molecule has 2 aromatic rings. The number of benzene rings is 2. The van der Waals surface area contributed by atoms with Gasteiger partial charge in [-0.25, -0.2) is 9.79 Å². The zero-order valence-corrected chi connectivity index (χ0v) is 21.0. The fourth-order valence-corrected chi connectivity index (χ4v) is 4.53. The Kier molecular flexibility index (Phi) is 8.40. The smallest absolute Gasteiger partial charge is 0.338 e. The Bertz CT molecular complexity index is 1190. The second-order valence-electron chi connectivity index (χ2n) is 7.99. The number of carbonyl (C=O) groups is 3. The summed E-state index contributed by atoms with van der Waals surface area (Å²) in [7, 11) is 1.66. The first kappa shape index (κ1) is 25.5. The molecule has 0 atom stereocenters. The number of aliphatic imine (C=N–C) groups is 1. The Hall–Kier alpha value is -3.63. The second kappa shape index (κ2) is 11.9. The van der Waals surface area contributed by atoms with Crippen LogP contribution in [0.25, 0.3) is 6.08 Å². The number of amides is 2. The van der Waals surface area contributed by atoms with Gasteiger partial charge in [0.25, 0.3) is 11.8 Å². The van der Waals surface area contributed by atoms with Gasteiger partial charge in [0.2, 0.25) is 0 Å². The summed E-state index contributed by atoms with van der Waals surface area (Å²) in [5, 5.41) is 0.508. The first-order valence-corrected chi connectivity index (χ1v) is 12.4. The molecule has 2 aromatic carbocycles. The van der Waals surface area contributed by atoms with Gasteiger partial charge in [0.15, 0.2) is 11.8 Å². The average Bonchev–Trinajstić information content (AvgIpc) is 3.16. The first-order chi connectivity index (χ1) is 17.4. The van der Waals surface area contributed by atoms with Crippen molar-refractivity contribution >= 4 is 46.5 Å². The minimum absolute atomic E-state index is 0.0310. The minimum atomic E-state index is -0.415. The third kappa shape index (κ3) is 6.32. The molecule has 2 heterocycles. The molecule has 0 radical (unpaired) electrons. The van der Waals surface area contributed by atoms with Crippen molar-refractivity contribution in [2.75, 3.05) is 46.6 Å². The quantitative estimate of drug-likeness (QED) is 0.417. The standard InChI is InChI=1S/C26H27N3O6S/c1-3-34-25(32)19-5-4-6-20(16-19)27-26-28(2)24(31)22(36-26)15-18-7-9-21(10-8-18)35-17-23(30)29-11-13-33-14-12-29/h4-10,15-16H,3,11-14,17H2,1-2H3. The molecule has 4 rings (SSSR count). The van der Waals surface area contributed by atoms with Crippen LogP contribution in [0.15, 0.2) is 58.4 Å². The van der Waals surface area contributed by atoms with Crippen LogP contribution < -0.4 is 4.74 Å². The fourth-order valence-electron chi connectivity index (χ4n) is 3.54. The predicted molar refractivity (Wildman–Crippen MR) is 137 cm³/mol. The summed E-state index contributed by atoms with van der Waals surface area (Å²) in [6.45, 7) is 4.27. The highest BCUT2D eigenvalue weighted by molar-refractivity contribution is 8.18. The molecule has 10 heteroatoms. The number of morpholine rings is 1. The number of hydrogen-bond acceptors (Lipinski definition) is 8. The summed E-state index contributed by atoms with van der Waals surface area (Å²) in [6.07, 6.45) is 1.78. The zero-order chi connectivity index (χ0) is 25.5. The van der Waals surface area contributed by atoms with Gasteiger partial charge >= 0.3 is 5.97 Å². The van der Waals surface area contributed by atoms with E-state index in [9.17, 15) is 14.4 Å². The van der Waals surface area contributed by atoms with Gasteiger partial charge in [0.1, 0.15) is 5.75 Å². The molecular formula is C26H27N3O6S. The van der Waals surface area contributed by atoms with E-state index in [1.807, 2.05) is 12.1 Å². The topological polar surface area (TPSA) is 97.7 Å². The highest BCUT2D eigenvalue weighted by Gasteiger charge is 2.30. The van der Waals surface area contributed by atoms with Crippen molar-refractivity contribution < 1.29 is 28.6 Å². The van der Waals surface area contributed by atoms with Crippen LogP contribution in [0, 0.1) is 0 Å². The van der Waals surface area contributed by atoms with Crippen LogP contribution in [0.2, 0.25) is 0 Å². The third-order valence-electron chi connectivity index (χ3n) is 5.49. The largest absolute Gasteiger partial charge is 0.484 e. The molecule has 0 saturated carbocycles. The lowest BCUT2D eigenvalue weighted by Crippen LogP contribution is -2.42. The first-order valence-electron chi connectivity index (χ1n) is 11.6. The number of carbonyl (C=O) groups excluding carboxylic acids is 3. The lowest BCUT2D eigenvalue weighted by Gasteiger charge is -2.26. The molecule has 0 spiro atoms. The van der Waals surface area contributed by atoms with Crippen molar-refractivity contribution in [1.29, 1.82) is 0 Å². The number of nitrogens with zero attached hydrogens (tertiary/aromatic N) is 3. The Labute approximate surface area is 213 Å². The molecule has 2 aliphatic heterocycles. The molecular weight excluding hydrogens is 482 g/mol. The molecule has 2 amide bonds. The number of amidine groups is 1. The molecule has 0 N–H and O–H groups in total. The average molecular weight is 510 g/mol. The van der Waals surface area contributed by atoms with Crippen molar-refractivity contribution in [2.45, 2.75) is 6.92 Å². The van der Waals surface area contributed by atoms with Crippen molar-refractivity contribution in [3.05, 3.63) is 64.6 Å². The molecule has 2 fully saturated rings. The maximum Gasteiger partial charge on any atom is 0.338 e. The predicted octanol–water partition coefficient (Wildman–Crippen LogP) is 3.33. The number of likely N-dealkylation sites (N-methyl/N-ethyl adjacent to an activating group) is 1. The molecule has 0 unspecified atom stereocenters. The third-order valence-corrected chi connectivity index (χ3v) is 6.55. The molecule has 0 aromatic heterocycles. The van der Waals surface area contributed by atoms with E-state index in [2.05, 4.69) is 4.99 Å². The van der Waals surface area contributed by atoms with Crippen molar-refractivity contribution in [1.82, 2.24) is 9.80 Å². The summed E-state index contributed by atoms with van der Waals surface area (Å²) >= 11 is 1.25. The van der Waals surface area contributed by atoms with E-state index in [0.29, 0.717) is 60.0 Å². The van der Waals surface area contributed by atoms with Crippen molar-refractivity contribution in [3.63, 3.8) is 0 Å². The van der Waals surface area contributed by atoms with E-state index in [1.54, 1.807) is 61.3 Å². The van der Waals surface area contributed by atoms with E-state index in [4.69, 9.17) is 14.2 Å². The van der Waals surface area contributed by atoms with Crippen molar-refractivity contribution in [2.24, 2.45) is 4.99 Å². The van der Waals surface area contributed by atoms with Gasteiger partial charge in [0.05, 0.1) is 36.0 Å². The van der Waals surface area contributed by atoms with Gasteiger partial charge in [-0.3, -0.25) is 14.5 Å². The number of rotatable bonds is 7. The SMILES string of the molecule is CCOC(=O)c1cccc(N=C2SC(=Cc3ccc(OCC(=O)N4CCOCC4)cc3)C(=O)N2C)c1. The highest BCUT2D eigenvalue weighted by Crippen LogP contribution is 2.33. The van der Waals surface area contributed by atoms with E-state index in [1.165, 1.54) is 16.7 Å². The summed E-state index contributed by atoms with van der Waals surface area (Å²) < 4.78 is 15.9. The number of esters is 1. The molecule has 0 bridgehead atoms. The Morgan fingerprint density at radius 1 is 1.14 bits per heavy atom. The molecule has 0 aliphatic carbocycles. The van der Waals surface area contributed by atoms with Crippen LogP contribution in [0.5, 0.6) is 5.75 Å². The number of thioether (sulfide) groups is 1. The van der Waals surface area contributed by atoms with Gasteiger partial charge in [0, 0.05) is 20.1 Å². The molecule has 188 valence electrons. The van der Waals surface area contributed by atoms with Crippen LogP contribution in [-0.4, -0.2) is 79.3 Å². The van der Waals surface area contributed by atoms with Crippen LogP contribution in [-0.2, 0) is 19.1 Å². The van der Waals surface area contributed by atoms with Crippen molar-refractivity contribution in [3.8, 4) is 5.75 Å². The van der Waals surface area contributed by atoms with Gasteiger partial charge < -0.3 is 19.1 Å². The number of ether oxygens (including phenoxy) is 3. The van der Waals surface area contributed by atoms with E-state index in [-0.39, 0.29) is 18.4 Å². The fraction of sp³-hybridized carbons (Fsp3) is 0.308. The minimum Gasteiger partial charge on any atom is -0.484 e. The summed E-state index contributed by atoms with van der Waals surface area (Å²) in [5.41, 5.74) is 1.77. The molecule has 2 aliphatic rings. The van der Waals surface area contributed by atoms with Gasteiger partial charge in [-0.2, -0.15) is 0 Å². The maximum atomic E-state index is 12.8. The second-order valence-corrected chi connectivity index (χ2v) is 9.00. The lowest BCUT2D eigenvalue weighted by atomic mass is 10.2. The lowest BCUT2D eigenvalue weighted by molar-refractivity contribution is -0.137. The van der Waals surface area contributed by atoms with Crippen LogP contribution in [0.3, 0.4) is 0 Å². The zero-order valence-electron chi connectivity index (χ0n) is 20.1. The molecule has 2 saturated heterocycles. The van der Waals surface area contributed by atoms with Gasteiger partial charge in [-0.15, -0.1) is 0 Å². The Morgan fingerprint density at radius 3 is 2.61 bits per heavy atom. The van der Waals surface area contributed by atoms with Crippen LogP contribution in [0.1, 0.15) is 22.8 Å². The van der Waals surface area contributed by atoms with E-state index < -0.39 is 5.97 Å². The molecule has 9 nitrogen and oxygen atoms in total. The van der Waals surface area contributed by atoms with Crippen LogP contribution >= 0.6 is 11.8 Å². The monoisotopic (exact) mass is 509 g/mol. The Balaban J connectivity index is 1.40. The number of hydrogen-bond donors (Lipinski definition) is 0. The summed E-state index contributed by atoms with van der Waals surface area (Å²) in [4.78, 5) is 45.3. The summed E-state index contributed by atoms with van der Waals surface area (Å²) in [5.74, 6) is -0.0802. The van der Waals surface area contributed by atoms with Gasteiger partial charge in [-0.05, 0) is 60.7 Å². The Morgan fingerprint density at radius 2 is 1.89 bits per heavy atom. The van der Waals surface area contributed by atoms with E-state index in [0.717, 1.165) is 5.56 Å². The summed E-state index contributed by atoms with van der Waals surface area (Å²) in [6, 6.07) is 14.0. The maximum absolute atomic E-state index is 12.8. The molecule has 36 heavy (non-hydrogen) atoms. The normalized spacial score (nSPS) is 18.1. The van der Waals surface area contributed by atoms with E-state index >= 15 is 0 Å². The highest BCUT2D eigenvalue weighted by atomic mass is 32.2. The van der Waals surface area contributed by atoms with Gasteiger partial charge in [-0.1, -0.05) is 18.2 Å². The van der Waals surface area contributed by atoms with Crippen LogP contribution in [0.4, 0.5) is 5.69 Å².